The number of aryl methyl sites for hydroxylation is 2. The molecule has 0 aliphatic rings. The number of benzene rings is 1. The number of hydrogen-bond acceptors (Lipinski definition) is 3. The summed E-state index contributed by atoms with van der Waals surface area (Å²) in [6.07, 6.45) is 2.05. The van der Waals surface area contributed by atoms with E-state index in [-0.39, 0.29) is 12.1 Å². The third-order valence-electron chi connectivity index (χ3n) is 3.96. The number of carbonyl (C=O) groups excluding carboxylic acids is 1. The minimum absolute atomic E-state index is 0.0810. The first kappa shape index (κ1) is 17.4. The molecular formula is C17H24N4OS. The molecule has 1 atom stereocenters. The summed E-state index contributed by atoms with van der Waals surface area (Å²) in [4.78, 5) is 13.3. The van der Waals surface area contributed by atoms with Crippen LogP contribution in [0.15, 0.2) is 29.2 Å². The molecule has 2 rings (SSSR count). The van der Waals surface area contributed by atoms with Gasteiger partial charge < -0.3 is 10.6 Å². The molecule has 0 radical (unpaired) electrons. The van der Waals surface area contributed by atoms with E-state index in [2.05, 4.69) is 27.9 Å². The van der Waals surface area contributed by atoms with Crippen molar-refractivity contribution in [3.63, 3.8) is 0 Å². The van der Waals surface area contributed by atoms with E-state index in [1.165, 1.54) is 4.90 Å². The summed E-state index contributed by atoms with van der Waals surface area (Å²) < 4.78 is 1.84. The molecule has 0 aliphatic heterocycles. The third-order valence-corrected chi connectivity index (χ3v) is 4.70. The van der Waals surface area contributed by atoms with Crippen LogP contribution in [0, 0.1) is 13.8 Å². The van der Waals surface area contributed by atoms with E-state index < -0.39 is 0 Å². The number of urea groups is 1. The molecule has 0 fully saturated rings. The molecule has 2 aromatic rings. The van der Waals surface area contributed by atoms with E-state index in [1.54, 1.807) is 11.8 Å². The topological polar surface area (TPSA) is 59.0 Å². The fraction of sp³-hybridized carbons (Fsp3) is 0.412. The Morgan fingerprint density at radius 2 is 1.96 bits per heavy atom. The first-order chi connectivity index (χ1) is 10.9. The molecule has 2 amide bonds. The monoisotopic (exact) mass is 332 g/mol. The zero-order valence-corrected chi connectivity index (χ0v) is 15.1. The molecule has 1 heterocycles. The third kappa shape index (κ3) is 4.28. The van der Waals surface area contributed by atoms with Crippen molar-refractivity contribution in [2.75, 3.05) is 6.26 Å². The molecule has 1 aromatic heterocycles. The van der Waals surface area contributed by atoms with Crippen molar-refractivity contribution in [2.24, 2.45) is 7.05 Å². The number of nitrogens with zero attached hydrogens (tertiary/aromatic N) is 2. The smallest absolute Gasteiger partial charge is 0.315 e. The van der Waals surface area contributed by atoms with Crippen LogP contribution in [0.4, 0.5) is 4.79 Å². The number of hydrogen-bond donors (Lipinski definition) is 2. The zero-order chi connectivity index (χ0) is 17.0. The van der Waals surface area contributed by atoms with Gasteiger partial charge in [-0.15, -0.1) is 11.8 Å². The van der Waals surface area contributed by atoms with Gasteiger partial charge in [-0.25, -0.2) is 4.79 Å². The van der Waals surface area contributed by atoms with Crippen molar-refractivity contribution < 1.29 is 4.79 Å². The molecule has 0 unspecified atom stereocenters. The molecule has 0 saturated carbocycles. The van der Waals surface area contributed by atoms with Gasteiger partial charge in [-0.2, -0.15) is 5.10 Å². The highest BCUT2D eigenvalue weighted by Crippen LogP contribution is 2.20. The molecule has 0 aliphatic carbocycles. The van der Waals surface area contributed by atoms with Gasteiger partial charge >= 0.3 is 6.03 Å². The van der Waals surface area contributed by atoms with Crippen LogP contribution in [0.25, 0.3) is 0 Å². The van der Waals surface area contributed by atoms with Crippen molar-refractivity contribution in [2.45, 2.75) is 38.3 Å². The first-order valence-corrected chi connectivity index (χ1v) is 8.82. The van der Waals surface area contributed by atoms with E-state index in [4.69, 9.17) is 0 Å². The fourth-order valence-corrected chi connectivity index (χ4v) is 3.07. The molecular weight excluding hydrogens is 308 g/mol. The van der Waals surface area contributed by atoms with Gasteiger partial charge in [0.1, 0.15) is 0 Å². The largest absolute Gasteiger partial charge is 0.334 e. The highest BCUT2D eigenvalue weighted by molar-refractivity contribution is 7.98. The number of aromatic nitrogens is 2. The number of amides is 2. The lowest BCUT2D eigenvalue weighted by Gasteiger charge is -2.15. The van der Waals surface area contributed by atoms with E-state index in [0.717, 1.165) is 22.5 Å². The van der Waals surface area contributed by atoms with Gasteiger partial charge in [0.15, 0.2) is 0 Å². The zero-order valence-electron chi connectivity index (χ0n) is 14.3. The van der Waals surface area contributed by atoms with E-state index in [9.17, 15) is 4.79 Å². The molecule has 0 saturated heterocycles. The molecule has 6 heteroatoms. The average Bonchev–Trinajstić information content (AvgIpc) is 2.78. The number of carbonyl (C=O) groups is 1. The van der Waals surface area contributed by atoms with Crippen LogP contribution in [0.2, 0.25) is 0 Å². The molecule has 23 heavy (non-hydrogen) atoms. The molecule has 0 spiro atoms. The van der Waals surface area contributed by atoms with Crippen LogP contribution >= 0.6 is 11.8 Å². The molecule has 5 nitrogen and oxygen atoms in total. The lowest BCUT2D eigenvalue weighted by atomic mass is 10.1. The Morgan fingerprint density at radius 1 is 1.30 bits per heavy atom. The van der Waals surface area contributed by atoms with Gasteiger partial charge in [0.05, 0.1) is 11.7 Å². The predicted octanol–water partition coefficient (Wildman–Crippen LogP) is 3.32. The van der Waals surface area contributed by atoms with Gasteiger partial charge in [-0.05, 0) is 44.7 Å². The van der Waals surface area contributed by atoms with Crippen LogP contribution < -0.4 is 10.6 Å². The van der Waals surface area contributed by atoms with Gasteiger partial charge in [0.25, 0.3) is 0 Å². The lowest BCUT2D eigenvalue weighted by molar-refractivity contribution is 0.237. The summed E-state index contributed by atoms with van der Waals surface area (Å²) >= 11 is 1.70. The van der Waals surface area contributed by atoms with E-state index in [0.29, 0.717) is 6.54 Å². The summed E-state index contributed by atoms with van der Waals surface area (Å²) in [6, 6.07) is 7.93. The van der Waals surface area contributed by atoms with Crippen molar-refractivity contribution in [1.82, 2.24) is 20.4 Å². The Balaban J connectivity index is 1.91. The molecule has 124 valence electrons. The Bertz CT molecular complexity index is 679. The second-order valence-corrected chi connectivity index (χ2v) is 6.48. The Labute approximate surface area is 141 Å². The number of rotatable bonds is 5. The Morgan fingerprint density at radius 3 is 2.48 bits per heavy atom. The molecule has 2 N–H and O–H groups in total. The second-order valence-electron chi connectivity index (χ2n) is 5.60. The van der Waals surface area contributed by atoms with Crippen LogP contribution in [-0.4, -0.2) is 22.1 Å². The SMILES string of the molecule is CSc1ccc(CNC(=O)N[C@H](C)c2c(C)nn(C)c2C)cc1. The Hall–Kier alpha value is -1.95. The number of thioether (sulfide) groups is 1. The maximum absolute atomic E-state index is 12.1. The van der Waals surface area contributed by atoms with Crippen molar-refractivity contribution in [3.05, 3.63) is 46.8 Å². The van der Waals surface area contributed by atoms with Gasteiger partial charge in [0.2, 0.25) is 0 Å². The van der Waals surface area contributed by atoms with Gasteiger partial charge in [0, 0.05) is 29.7 Å². The summed E-state index contributed by atoms with van der Waals surface area (Å²) in [5.41, 5.74) is 4.18. The highest BCUT2D eigenvalue weighted by Gasteiger charge is 2.17. The predicted molar refractivity (Wildman–Crippen MR) is 94.7 cm³/mol. The summed E-state index contributed by atoms with van der Waals surface area (Å²) in [5, 5.41) is 10.3. The quantitative estimate of drug-likeness (QED) is 0.826. The maximum Gasteiger partial charge on any atom is 0.315 e. The second kappa shape index (κ2) is 7.55. The van der Waals surface area contributed by atoms with Crippen LogP contribution in [0.3, 0.4) is 0 Å². The molecule has 1 aromatic carbocycles. The maximum atomic E-state index is 12.1. The van der Waals surface area contributed by atoms with Gasteiger partial charge in [-0.3, -0.25) is 4.68 Å². The van der Waals surface area contributed by atoms with Crippen LogP contribution in [0.5, 0.6) is 0 Å². The van der Waals surface area contributed by atoms with Crippen LogP contribution in [0.1, 0.15) is 35.5 Å². The average molecular weight is 332 g/mol. The summed E-state index contributed by atoms with van der Waals surface area (Å²) in [7, 11) is 1.91. The lowest BCUT2D eigenvalue weighted by Crippen LogP contribution is -2.36. The normalized spacial score (nSPS) is 12.0. The fourth-order valence-electron chi connectivity index (χ4n) is 2.66. The van der Waals surface area contributed by atoms with E-state index >= 15 is 0 Å². The standard InChI is InChI=1S/C17H24N4OS/c1-11(16-12(2)20-21(4)13(16)3)19-17(22)18-10-14-6-8-15(23-5)9-7-14/h6-9,11H,10H2,1-5H3,(H2,18,19,22)/t11-/m1/s1. The minimum Gasteiger partial charge on any atom is -0.334 e. The van der Waals surface area contributed by atoms with Crippen molar-refractivity contribution >= 4 is 17.8 Å². The van der Waals surface area contributed by atoms with E-state index in [1.807, 2.05) is 50.9 Å². The summed E-state index contributed by atoms with van der Waals surface area (Å²) in [6.45, 7) is 6.46. The minimum atomic E-state index is -0.172. The first-order valence-electron chi connectivity index (χ1n) is 7.59. The van der Waals surface area contributed by atoms with Crippen molar-refractivity contribution in [3.8, 4) is 0 Å². The number of nitrogens with one attached hydrogen (secondary N) is 2. The van der Waals surface area contributed by atoms with Crippen molar-refractivity contribution in [1.29, 1.82) is 0 Å². The molecule has 0 bridgehead atoms. The van der Waals surface area contributed by atoms with Crippen LogP contribution in [-0.2, 0) is 13.6 Å². The highest BCUT2D eigenvalue weighted by atomic mass is 32.2. The summed E-state index contributed by atoms with van der Waals surface area (Å²) in [5.74, 6) is 0. The van der Waals surface area contributed by atoms with Gasteiger partial charge in [-0.1, -0.05) is 12.1 Å². The Kier molecular flexibility index (Phi) is 5.71.